The summed E-state index contributed by atoms with van der Waals surface area (Å²) in [7, 11) is 0. The first-order valence-electron chi connectivity index (χ1n) is 16.7. The first kappa shape index (κ1) is 29.5. The van der Waals surface area contributed by atoms with Crippen molar-refractivity contribution in [3.8, 4) is 27.9 Å². The van der Waals surface area contributed by atoms with Crippen LogP contribution in [-0.4, -0.2) is 4.57 Å². The van der Waals surface area contributed by atoms with Crippen molar-refractivity contribution in [2.75, 3.05) is 4.90 Å². The Kier molecular flexibility index (Phi) is 7.42. The molecule has 8 aromatic rings. The van der Waals surface area contributed by atoms with Crippen LogP contribution in [0.25, 0.3) is 49.7 Å². The molecule has 2 heteroatoms. The molecular weight excluding hydrogens is 581 g/mol. The standard InChI is InChI=1S/C46H38N2/c1-46(2,3)37-24-30-45-43(32-37)42-31-36(23-29-44(42)48(45)39-17-11-6-12-18-39)35-21-27-41(28-22-35)47(38-15-9-5-10-16-38)40-25-19-34(20-26-40)33-13-7-4-8-14-33/h4-32H,1-3H3. The van der Waals surface area contributed by atoms with Crippen molar-refractivity contribution < 1.29 is 0 Å². The molecule has 232 valence electrons. The minimum absolute atomic E-state index is 0.0648. The molecule has 0 spiro atoms. The lowest BCUT2D eigenvalue weighted by Crippen LogP contribution is -2.10. The molecule has 1 aromatic heterocycles. The molecule has 0 aliphatic rings. The van der Waals surface area contributed by atoms with Crippen LogP contribution in [0, 0.1) is 0 Å². The van der Waals surface area contributed by atoms with Gasteiger partial charge in [0.15, 0.2) is 0 Å². The Morgan fingerprint density at radius 2 is 0.833 bits per heavy atom. The normalized spacial score (nSPS) is 11.6. The lowest BCUT2D eigenvalue weighted by atomic mass is 9.86. The fourth-order valence-electron chi connectivity index (χ4n) is 6.79. The van der Waals surface area contributed by atoms with E-state index in [1.165, 1.54) is 55.3 Å². The lowest BCUT2D eigenvalue weighted by Gasteiger charge is -2.26. The van der Waals surface area contributed by atoms with Gasteiger partial charge in [0.05, 0.1) is 11.0 Å². The fourth-order valence-corrected chi connectivity index (χ4v) is 6.79. The van der Waals surface area contributed by atoms with E-state index in [0.717, 1.165) is 17.1 Å². The maximum Gasteiger partial charge on any atom is 0.0541 e. The minimum atomic E-state index is 0.0648. The largest absolute Gasteiger partial charge is 0.311 e. The second-order valence-corrected chi connectivity index (χ2v) is 13.5. The molecule has 0 saturated carbocycles. The van der Waals surface area contributed by atoms with Crippen LogP contribution in [0.4, 0.5) is 17.1 Å². The van der Waals surface area contributed by atoms with Crippen LogP contribution < -0.4 is 4.90 Å². The summed E-state index contributed by atoms with van der Waals surface area (Å²) in [6, 6.07) is 63.6. The molecule has 0 amide bonds. The third kappa shape index (κ3) is 5.46. The Hall–Kier alpha value is -5.86. The van der Waals surface area contributed by atoms with E-state index in [9.17, 15) is 0 Å². The second-order valence-electron chi connectivity index (χ2n) is 13.5. The van der Waals surface area contributed by atoms with Crippen LogP contribution in [0.15, 0.2) is 176 Å². The molecule has 8 rings (SSSR count). The van der Waals surface area contributed by atoms with Gasteiger partial charge in [-0.05, 0) is 106 Å². The SMILES string of the molecule is CC(C)(C)c1ccc2c(c1)c1cc(-c3ccc(N(c4ccccc4)c4ccc(-c5ccccc5)cc4)cc3)ccc1n2-c1ccccc1. The molecule has 1 heterocycles. The zero-order valence-corrected chi connectivity index (χ0v) is 27.6. The van der Waals surface area contributed by atoms with Gasteiger partial charge in [-0.3, -0.25) is 0 Å². The molecule has 2 nitrogen and oxygen atoms in total. The predicted molar refractivity (Wildman–Crippen MR) is 205 cm³/mol. The Labute approximate surface area is 283 Å². The van der Waals surface area contributed by atoms with Gasteiger partial charge in [0, 0.05) is 33.5 Å². The summed E-state index contributed by atoms with van der Waals surface area (Å²) < 4.78 is 2.39. The van der Waals surface area contributed by atoms with Crippen LogP contribution >= 0.6 is 0 Å². The van der Waals surface area contributed by atoms with Crippen LogP contribution in [0.2, 0.25) is 0 Å². The number of benzene rings is 7. The lowest BCUT2D eigenvalue weighted by molar-refractivity contribution is 0.591. The molecule has 0 atom stereocenters. The van der Waals surface area contributed by atoms with Crippen LogP contribution in [0.1, 0.15) is 26.3 Å². The molecular formula is C46H38N2. The van der Waals surface area contributed by atoms with Gasteiger partial charge in [-0.15, -0.1) is 0 Å². The molecule has 7 aromatic carbocycles. The van der Waals surface area contributed by atoms with Crippen molar-refractivity contribution in [2.24, 2.45) is 0 Å². The monoisotopic (exact) mass is 618 g/mol. The summed E-state index contributed by atoms with van der Waals surface area (Å²) in [6.07, 6.45) is 0. The van der Waals surface area contributed by atoms with E-state index in [2.05, 4.69) is 206 Å². The molecule has 0 N–H and O–H groups in total. The molecule has 0 radical (unpaired) electrons. The maximum atomic E-state index is 2.39. The highest BCUT2D eigenvalue weighted by atomic mass is 15.1. The van der Waals surface area contributed by atoms with Gasteiger partial charge in [-0.25, -0.2) is 0 Å². The summed E-state index contributed by atoms with van der Waals surface area (Å²) in [5.41, 5.74) is 13.2. The number of rotatable bonds is 6. The highest BCUT2D eigenvalue weighted by Crippen LogP contribution is 2.39. The summed E-state index contributed by atoms with van der Waals surface area (Å²) in [5, 5.41) is 2.56. The summed E-state index contributed by atoms with van der Waals surface area (Å²) in [5.74, 6) is 0. The maximum absolute atomic E-state index is 2.39. The Morgan fingerprint density at radius 3 is 1.42 bits per heavy atom. The quantitative estimate of drug-likeness (QED) is 0.180. The molecule has 0 unspecified atom stereocenters. The first-order valence-corrected chi connectivity index (χ1v) is 16.7. The van der Waals surface area contributed by atoms with E-state index in [1.807, 2.05) is 0 Å². The smallest absolute Gasteiger partial charge is 0.0541 e. The Bertz CT molecular complexity index is 2330. The highest BCUT2D eigenvalue weighted by Gasteiger charge is 2.19. The van der Waals surface area contributed by atoms with E-state index in [1.54, 1.807) is 0 Å². The minimum Gasteiger partial charge on any atom is -0.311 e. The van der Waals surface area contributed by atoms with Crippen LogP contribution in [0.3, 0.4) is 0 Å². The third-order valence-electron chi connectivity index (χ3n) is 9.35. The van der Waals surface area contributed by atoms with Crippen molar-refractivity contribution in [1.82, 2.24) is 4.57 Å². The zero-order valence-electron chi connectivity index (χ0n) is 27.6. The van der Waals surface area contributed by atoms with Crippen molar-refractivity contribution in [1.29, 1.82) is 0 Å². The molecule has 0 bridgehead atoms. The van der Waals surface area contributed by atoms with Crippen molar-refractivity contribution in [3.05, 3.63) is 181 Å². The first-order chi connectivity index (χ1) is 23.4. The van der Waals surface area contributed by atoms with Gasteiger partial charge in [-0.2, -0.15) is 0 Å². The second kappa shape index (κ2) is 12.1. The van der Waals surface area contributed by atoms with Crippen LogP contribution in [0.5, 0.6) is 0 Å². The molecule has 0 aliphatic carbocycles. The zero-order chi connectivity index (χ0) is 32.7. The fraction of sp³-hybridized carbons (Fsp3) is 0.0870. The van der Waals surface area contributed by atoms with Crippen molar-refractivity contribution in [2.45, 2.75) is 26.2 Å². The summed E-state index contributed by atoms with van der Waals surface area (Å²) in [6.45, 7) is 6.86. The van der Waals surface area contributed by atoms with Crippen molar-refractivity contribution >= 4 is 38.9 Å². The van der Waals surface area contributed by atoms with E-state index in [4.69, 9.17) is 0 Å². The number of hydrogen-bond acceptors (Lipinski definition) is 1. The topological polar surface area (TPSA) is 8.17 Å². The number of hydrogen-bond donors (Lipinski definition) is 0. The molecule has 0 aliphatic heterocycles. The number of fused-ring (bicyclic) bond motifs is 3. The number of aromatic nitrogens is 1. The van der Waals surface area contributed by atoms with Gasteiger partial charge in [0.25, 0.3) is 0 Å². The van der Waals surface area contributed by atoms with Crippen molar-refractivity contribution in [3.63, 3.8) is 0 Å². The third-order valence-corrected chi connectivity index (χ3v) is 9.35. The summed E-state index contributed by atoms with van der Waals surface area (Å²) in [4.78, 5) is 2.32. The predicted octanol–water partition coefficient (Wildman–Crippen LogP) is 12.9. The Balaban J connectivity index is 1.20. The van der Waals surface area contributed by atoms with Crippen LogP contribution in [-0.2, 0) is 5.41 Å². The molecule has 48 heavy (non-hydrogen) atoms. The number of nitrogens with zero attached hydrogens (tertiary/aromatic N) is 2. The highest BCUT2D eigenvalue weighted by molar-refractivity contribution is 6.10. The van der Waals surface area contributed by atoms with Gasteiger partial charge in [0.1, 0.15) is 0 Å². The van der Waals surface area contributed by atoms with Gasteiger partial charge in [0.2, 0.25) is 0 Å². The van der Waals surface area contributed by atoms with Gasteiger partial charge in [-0.1, -0.05) is 124 Å². The Morgan fingerprint density at radius 1 is 0.396 bits per heavy atom. The molecule has 0 saturated heterocycles. The van der Waals surface area contributed by atoms with E-state index in [0.29, 0.717) is 0 Å². The van der Waals surface area contributed by atoms with E-state index >= 15 is 0 Å². The van der Waals surface area contributed by atoms with E-state index in [-0.39, 0.29) is 5.41 Å². The number of anilines is 3. The van der Waals surface area contributed by atoms with E-state index < -0.39 is 0 Å². The number of para-hydroxylation sites is 2. The average Bonchev–Trinajstić information content (AvgIpc) is 3.46. The average molecular weight is 619 g/mol. The van der Waals surface area contributed by atoms with Gasteiger partial charge < -0.3 is 9.47 Å². The summed E-state index contributed by atoms with van der Waals surface area (Å²) >= 11 is 0. The molecule has 0 fully saturated rings. The van der Waals surface area contributed by atoms with Gasteiger partial charge >= 0.3 is 0 Å².